The first-order valence-electron chi connectivity index (χ1n) is 11.2. The Morgan fingerprint density at radius 1 is 1.31 bits per heavy atom. The Kier molecular flexibility index (Phi) is 6.50. The Labute approximate surface area is 188 Å². The van der Waals surface area contributed by atoms with Gasteiger partial charge in [-0.1, -0.05) is 13.8 Å². The summed E-state index contributed by atoms with van der Waals surface area (Å²) >= 11 is 0. The van der Waals surface area contributed by atoms with E-state index in [1.54, 1.807) is 24.4 Å². The number of methoxy groups -OCH3 is 1. The Hall–Kier alpha value is -2.87. The van der Waals surface area contributed by atoms with E-state index >= 15 is 0 Å². The van der Waals surface area contributed by atoms with E-state index in [4.69, 9.17) is 9.72 Å². The number of hydrogen-bond donors (Lipinski definition) is 1. The van der Waals surface area contributed by atoms with Gasteiger partial charge in [-0.3, -0.25) is 14.6 Å². The molecular weight excluding hydrogens is 406 g/mol. The van der Waals surface area contributed by atoms with E-state index in [1.165, 1.54) is 0 Å². The summed E-state index contributed by atoms with van der Waals surface area (Å²) in [5.41, 5.74) is 2.85. The van der Waals surface area contributed by atoms with Gasteiger partial charge in [-0.25, -0.2) is 9.97 Å². The summed E-state index contributed by atoms with van der Waals surface area (Å²) in [6.07, 6.45) is 7.97. The van der Waals surface area contributed by atoms with Gasteiger partial charge < -0.3 is 15.0 Å². The molecule has 8 nitrogen and oxygen atoms in total. The van der Waals surface area contributed by atoms with Gasteiger partial charge >= 0.3 is 0 Å². The summed E-state index contributed by atoms with van der Waals surface area (Å²) in [6.45, 7) is 6.09. The third-order valence-corrected chi connectivity index (χ3v) is 6.29. The fourth-order valence-corrected chi connectivity index (χ4v) is 4.67. The van der Waals surface area contributed by atoms with E-state index in [-0.39, 0.29) is 35.6 Å². The molecule has 4 rings (SSSR count). The van der Waals surface area contributed by atoms with Gasteiger partial charge in [0.15, 0.2) is 5.82 Å². The lowest BCUT2D eigenvalue weighted by Gasteiger charge is -2.37. The summed E-state index contributed by atoms with van der Waals surface area (Å²) < 4.78 is 5.07. The van der Waals surface area contributed by atoms with Gasteiger partial charge in [0, 0.05) is 62.9 Å². The van der Waals surface area contributed by atoms with Crippen LogP contribution in [0, 0.1) is 11.3 Å². The number of nitrogens with zero attached hydrogens (tertiary/aromatic N) is 4. The summed E-state index contributed by atoms with van der Waals surface area (Å²) in [7, 11) is 1.65. The Bertz CT molecular complexity index is 979. The van der Waals surface area contributed by atoms with Crippen LogP contribution in [0.2, 0.25) is 0 Å². The second kappa shape index (κ2) is 9.32. The van der Waals surface area contributed by atoms with E-state index in [2.05, 4.69) is 29.1 Å². The van der Waals surface area contributed by atoms with Crippen molar-refractivity contribution < 1.29 is 14.3 Å². The van der Waals surface area contributed by atoms with Crippen LogP contribution in [0.15, 0.2) is 30.7 Å². The molecule has 2 aliphatic rings. The summed E-state index contributed by atoms with van der Waals surface area (Å²) in [4.78, 5) is 40.6. The van der Waals surface area contributed by atoms with E-state index in [0.29, 0.717) is 25.5 Å². The van der Waals surface area contributed by atoms with E-state index in [1.807, 2.05) is 18.3 Å². The zero-order chi connectivity index (χ0) is 22.7. The van der Waals surface area contributed by atoms with Crippen LogP contribution in [0.1, 0.15) is 50.4 Å². The number of amides is 2. The molecule has 0 aromatic carbocycles. The predicted molar refractivity (Wildman–Crippen MR) is 119 cm³/mol. The van der Waals surface area contributed by atoms with Crippen LogP contribution in [0.5, 0.6) is 0 Å². The van der Waals surface area contributed by atoms with Crippen molar-refractivity contribution in [2.45, 2.75) is 45.6 Å². The van der Waals surface area contributed by atoms with E-state index in [9.17, 15) is 9.59 Å². The van der Waals surface area contributed by atoms with E-state index in [0.717, 1.165) is 36.1 Å². The molecule has 0 bridgehead atoms. The van der Waals surface area contributed by atoms with Gasteiger partial charge in [0.1, 0.15) is 0 Å². The molecule has 1 N–H and O–H groups in total. The number of carbonyl (C=O) groups excluding carboxylic acids is 2. The third-order valence-electron chi connectivity index (χ3n) is 6.29. The maximum Gasteiger partial charge on any atom is 0.225 e. The van der Waals surface area contributed by atoms with Crippen LogP contribution in [0.25, 0.3) is 11.4 Å². The molecule has 170 valence electrons. The number of ether oxygens (including phenoxy) is 1. The van der Waals surface area contributed by atoms with Crippen molar-refractivity contribution in [1.29, 1.82) is 0 Å². The number of hydrogen-bond acceptors (Lipinski definition) is 6. The molecule has 0 spiro atoms. The Balaban J connectivity index is 1.49. The lowest BCUT2D eigenvalue weighted by molar-refractivity contribution is -0.129. The largest absolute Gasteiger partial charge is 0.385 e. The summed E-state index contributed by atoms with van der Waals surface area (Å²) in [6, 6.07) is 3.62. The number of carbonyl (C=O) groups is 2. The highest BCUT2D eigenvalue weighted by Crippen LogP contribution is 2.40. The maximum atomic E-state index is 13.1. The minimum Gasteiger partial charge on any atom is -0.385 e. The molecule has 2 unspecified atom stereocenters. The van der Waals surface area contributed by atoms with Crippen molar-refractivity contribution in [1.82, 2.24) is 25.2 Å². The molecule has 1 saturated heterocycles. The molecule has 1 fully saturated rings. The van der Waals surface area contributed by atoms with Crippen molar-refractivity contribution in [3.05, 3.63) is 42.0 Å². The highest BCUT2D eigenvalue weighted by atomic mass is 16.5. The number of nitrogens with one attached hydrogen (secondary N) is 1. The SMILES string of the molecule is COCCCN1CC(C(=O)NC2CC(C)(C)Cc3nc(-c4ccncc4)ncc32)CC1=O. The van der Waals surface area contributed by atoms with Crippen molar-refractivity contribution in [3.63, 3.8) is 0 Å². The topological polar surface area (TPSA) is 97.3 Å². The van der Waals surface area contributed by atoms with Crippen LogP contribution < -0.4 is 5.32 Å². The summed E-state index contributed by atoms with van der Waals surface area (Å²) in [5, 5.41) is 3.21. The maximum absolute atomic E-state index is 13.1. The molecule has 1 aliphatic heterocycles. The van der Waals surface area contributed by atoms with Crippen molar-refractivity contribution >= 4 is 11.8 Å². The van der Waals surface area contributed by atoms with Crippen LogP contribution in [0.4, 0.5) is 0 Å². The fourth-order valence-electron chi connectivity index (χ4n) is 4.67. The summed E-state index contributed by atoms with van der Waals surface area (Å²) in [5.74, 6) is 0.313. The van der Waals surface area contributed by atoms with E-state index < -0.39 is 0 Å². The lowest BCUT2D eigenvalue weighted by atomic mass is 9.74. The molecule has 3 heterocycles. The average molecular weight is 438 g/mol. The average Bonchev–Trinajstić information content (AvgIpc) is 3.14. The van der Waals surface area contributed by atoms with Gasteiger partial charge in [-0.2, -0.15) is 0 Å². The molecule has 0 radical (unpaired) electrons. The highest BCUT2D eigenvalue weighted by molar-refractivity contribution is 5.89. The van der Waals surface area contributed by atoms with Crippen LogP contribution in [0.3, 0.4) is 0 Å². The number of fused-ring (bicyclic) bond motifs is 1. The molecule has 2 aromatic rings. The fraction of sp³-hybridized carbons (Fsp3) is 0.542. The van der Waals surface area contributed by atoms with Gasteiger partial charge in [-0.15, -0.1) is 0 Å². The zero-order valence-electron chi connectivity index (χ0n) is 19.0. The second-order valence-corrected chi connectivity index (χ2v) is 9.52. The highest BCUT2D eigenvalue weighted by Gasteiger charge is 2.38. The molecule has 32 heavy (non-hydrogen) atoms. The quantitative estimate of drug-likeness (QED) is 0.669. The van der Waals surface area contributed by atoms with Crippen molar-refractivity contribution in [2.75, 3.05) is 26.8 Å². The Morgan fingerprint density at radius 3 is 2.84 bits per heavy atom. The third kappa shape index (κ3) is 4.96. The molecule has 2 aromatic heterocycles. The smallest absolute Gasteiger partial charge is 0.225 e. The van der Waals surface area contributed by atoms with Crippen molar-refractivity contribution in [3.8, 4) is 11.4 Å². The minimum atomic E-state index is -0.324. The van der Waals surface area contributed by atoms with Crippen LogP contribution in [-0.4, -0.2) is 58.5 Å². The Morgan fingerprint density at radius 2 is 2.09 bits per heavy atom. The number of rotatable bonds is 7. The molecule has 2 atom stereocenters. The van der Waals surface area contributed by atoms with Gasteiger partial charge in [0.25, 0.3) is 0 Å². The zero-order valence-corrected chi connectivity index (χ0v) is 19.0. The normalized spacial score (nSPS) is 22.0. The predicted octanol–water partition coefficient (Wildman–Crippen LogP) is 2.55. The van der Waals surface area contributed by atoms with Crippen LogP contribution in [-0.2, 0) is 20.7 Å². The number of pyridine rings is 1. The van der Waals surface area contributed by atoms with Crippen LogP contribution >= 0.6 is 0 Å². The minimum absolute atomic E-state index is 0.00744. The molecule has 2 amide bonds. The second-order valence-electron chi connectivity index (χ2n) is 9.52. The number of aromatic nitrogens is 3. The molecule has 1 aliphatic carbocycles. The van der Waals surface area contributed by atoms with Gasteiger partial charge in [-0.05, 0) is 36.8 Å². The van der Waals surface area contributed by atoms with Crippen molar-refractivity contribution in [2.24, 2.45) is 11.3 Å². The molecule has 0 saturated carbocycles. The first-order valence-corrected chi connectivity index (χ1v) is 11.2. The first kappa shape index (κ1) is 22.3. The van der Waals surface area contributed by atoms with Gasteiger partial charge in [0.2, 0.25) is 11.8 Å². The monoisotopic (exact) mass is 437 g/mol. The standard InChI is InChI=1S/C24H31N5O3/c1-24(2)12-19-18(14-26-22(27-19)16-5-7-25-8-6-16)20(13-24)28-23(31)17-11-21(30)29(15-17)9-4-10-32-3/h5-8,14,17,20H,4,9-13,15H2,1-3H3,(H,28,31). The van der Waals surface area contributed by atoms with Gasteiger partial charge in [0.05, 0.1) is 17.7 Å². The molecular formula is C24H31N5O3. The first-order chi connectivity index (χ1) is 15.4. The molecule has 8 heteroatoms. The number of likely N-dealkylation sites (tertiary alicyclic amines) is 1. The lowest BCUT2D eigenvalue weighted by Crippen LogP contribution is -2.40.